The summed E-state index contributed by atoms with van der Waals surface area (Å²) in [5.41, 5.74) is 2.16. The highest BCUT2D eigenvalue weighted by molar-refractivity contribution is 6.39. The number of hydrogen-bond donors (Lipinski definition) is 6. The van der Waals surface area contributed by atoms with E-state index in [9.17, 15) is 34.8 Å². The smallest absolute Gasteiger partial charge is 0.192 e. The van der Waals surface area contributed by atoms with Crippen molar-refractivity contribution in [3.63, 3.8) is 0 Å². The number of anilines is 1. The van der Waals surface area contributed by atoms with E-state index in [1.54, 1.807) is 13.0 Å². The van der Waals surface area contributed by atoms with E-state index in [0.717, 1.165) is 0 Å². The molecule has 1 aliphatic carbocycles. The first kappa shape index (κ1) is 35.4. The molecule has 0 fully saturated rings. The molecule has 12 heteroatoms. The molecule has 0 amide bonds. The first-order chi connectivity index (χ1) is 24.2. The fraction of sp³-hybridized carbons (Fsp3) is 0.395. The summed E-state index contributed by atoms with van der Waals surface area (Å²) in [6.07, 6.45) is 2.53. The lowest BCUT2D eigenvalue weighted by atomic mass is 9.78. The van der Waals surface area contributed by atoms with Crippen molar-refractivity contribution in [1.29, 1.82) is 0 Å². The number of phenolic OH excluding ortho intramolecular Hbond substituents is 1. The molecule has 0 saturated heterocycles. The van der Waals surface area contributed by atoms with Gasteiger partial charge in [0.2, 0.25) is 0 Å². The minimum atomic E-state index is -0.918. The summed E-state index contributed by atoms with van der Waals surface area (Å²) >= 11 is 0. The van der Waals surface area contributed by atoms with E-state index < -0.39 is 30.3 Å². The second kappa shape index (κ2) is 14.4. The Kier molecular flexibility index (Phi) is 10.2. The summed E-state index contributed by atoms with van der Waals surface area (Å²) in [6, 6.07) is 2.92. The number of phenols is 1. The second-order valence-corrected chi connectivity index (χ2v) is 12.6. The van der Waals surface area contributed by atoms with E-state index in [-0.39, 0.29) is 80.5 Å². The maximum absolute atomic E-state index is 14.9. The molecular formula is C38H41NO11. The number of ether oxygens (including phenoxy) is 3. The van der Waals surface area contributed by atoms with Gasteiger partial charge in [-0.3, -0.25) is 14.4 Å². The average Bonchev–Trinajstić information content (AvgIpc) is 3.23. The van der Waals surface area contributed by atoms with E-state index in [1.807, 2.05) is 6.08 Å². The van der Waals surface area contributed by atoms with E-state index in [4.69, 9.17) is 19.3 Å². The number of fused-ring (bicyclic) bond motifs is 1. The molecule has 6 N–H and O–H groups in total. The minimum absolute atomic E-state index is 0.0347. The number of benzene rings is 5. The topological polar surface area (TPSA) is 192 Å². The SMILES string of the molecule is COc1c(O)c2c(=O)cc(CO)c3c4c(CO)cc(NCCOCCO)c5c(=O)c(CCCOCCO)c6c(c(c1C(C(C)=O)C(C)=C6)c23)c54. The Bertz CT molecular complexity index is 2260. The summed E-state index contributed by atoms with van der Waals surface area (Å²) in [6.45, 7) is 2.96. The Morgan fingerprint density at radius 3 is 2.08 bits per heavy atom. The van der Waals surface area contributed by atoms with Crippen LogP contribution >= 0.6 is 0 Å². The molecule has 0 aliphatic heterocycles. The summed E-state index contributed by atoms with van der Waals surface area (Å²) in [7, 11) is 1.36. The van der Waals surface area contributed by atoms with Gasteiger partial charge in [0.05, 0.1) is 70.0 Å². The third-order valence-corrected chi connectivity index (χ3v) is 9.66. The largest absolute Gasteiger partial charge is 0.504 e. The molecule has 1 atom stereocenters. The molecule has 1 unspecified atom stereocenters. The summed E-state index contributed by atoms with van der Waals surface area (Å²) in [4.78, 5) is 42.3. The zero-order chi connectivity index (χ0) is 35.9. The fourth-order valence-corrected chi connectivity index (χ4v) is 7.84. The molecule has 0 heterocycles. The van der Waals surface area contributed by atoms with Crippen molar-refractivity contribution < 1.29 is 44.5 Å². The van der Waals surface area contributed by atoms with Crippen LogP contribution in [0, 0.1) is 0 Å². The van der Waals surface area contributed by atoms with E-state index in [0.29, 0.717) is 77.6 Å². The van der Waals surface area contributed by atoms with Gasteiger partial charge in [0.25, 0.3) is 0 Å². The lowest BCUT2D eigenvalue weighted by Gasteiger charge is -2.26. The van der Waals surface area contributed by atoms with Crippen LogP contribution in [0.2, 0.25) is 0 Å². The number of aromatic hydroxyl groups is 1. The molecule has 12 nitrogen and oxygen atoms in total. The van der Waals surface area contributed by atoms with Crippen molar-refractivity contribution in [2.75, 3.05) is 58.6 Å². The number of hydrogen-bond acceptors (Lipinski definition) is 12. The zero-order valence-corrected chi connectivity index (χ0v) is 28.3. The molecule has 0 spiro atoms. The van der Waals surface area contributed by atoms with Crippen molar-refractivity contribution >= 4 is 60.6 Å². The standard InChI is InChI=1S/C38H41NO11/c1-18-13-23-22(5-4-9-49-11-7-40)36(46)30-24(39-6-10-50-12-8-41)14-20(16-42)27-28-21(17-43)15-25(45)31-33(28)34(29(23)32(27)30)35(26(18)19(2)44)38(48-3)37(31)47/h13-15,26,39-43,47H,4-12,16-17H2,1-3H3. The van der Waals surface area contributed by atoms with Gasteiger partial charge in [-0.05, 0) is 77.1 Å². The number of carbonyl (C=O) groups is 1. The lowest BCUT2D eigenvalue weighted by molar-refractivity contribution is -0.117. The number of rotatable bonds is 16. The molecule has 0 radical (unpaired) electrons. The Balaban J connectivity index is 1.91. The zero-order valence-electron chi connectivity index (χ0n) is 28.3. The van der Waals surface area contributed by atoms with Gasteiger partial charge in [-0.15, -0.1) is 0 Å². The van der Waals surface area contributed by atoms with Crippen LogP contribution in [0.4, 0.5) is 5.69 Å². The summed E-state index contributed by atoms with van der Waals surface area (Å²) in [5, 5.41) is 57.8. The third-order valence-electron chi connectivity index (χ3n) is 9.66. The minimum Gasteiger partial charge on any atom is -0.504 e. The Labute approximate surface area is 286 Å². The first-order valence-corrected chi connectivity index (χ1v) is 16.6. The van der Waals surface area contributed by atoms with Gasteiger partial charge in [-0.1, -0.05) is 11.6 Å². The molecule has 264 valence electrons. The van der Waals surface area contributed by atoms with Crippen LogP contribution in [-0.4, -0.2) is 84.6 Å². The van der Waals surface area contributed by atoms with E-state index in [1.165, 1.54) is 20.1 Å². The van der Waals surface area contributed by atoms with Crippen LogP contribution in [-0.2, 0) is 33.9 Å². The highest BCUT2D eigenvalue weighted by Gasteiger charge is 2.36. The van der Waals surface area contributed by atoms with Crippen LogP contribution < -0.4 is 20.9 Å². The van der Waals surface area contributed by atoms with Gasteiger partial charge < -0.3 is 45.1 Å². The number of allylic oxidation sites excluding steroid dienone is 1. The van der Waals surface area contributed by atoms with Crippen LogP contribution in [0.15, 0.2) is 27.3 Å². The number of aliphatic hydroxyl groups is 4. The number of Topliss-reactive ketones (excluding diaryl/α,β-unsaturated/α-hetero) is 1. The van der Waals surface area contributed by atoms with Gasteiger partial charge in [0, 0.05) is 40.7 Å². The van der Waals surface area contributed by atoms with Crippen molar-refractivity contribution in [1.82, 2.24) is 0 Å². The predicted molar refractivity (Wildman–Crippen MR) is 191 cm³/mol. The highest BCUT2D eigenvalue weighted by atomic mass is 16.5. The summed E-state index contributed by atoms with van der Waals surface area (Å²) < 4.78 is 16.8. The molecule has 50 heavy (non-hydrogen) atoms. The molecule has 1 aliphatic rings. The summed E-state index contributed by atoms with van der Waals surface area (Å²) in [5.74, 6) is -1.64. The molecule has 0 aromatic heterocycles. The van der Waals surface area contributed by atoms with Crippen LogP contribution in [0.5, 0.6) is 11.5 Å². The molecule has 6 rings (SSSR count). The number of aliphatic hydroxyl groups excluding tert-OH is 4. The monoisotopic (exact) mass is 687 g/mol. The van der Waals surface area contributed by atoms with Crippen molar-refractivity contribution in [2.45, 2.75) is 45.8 Å². The fourth-order valence-electron chi connectivity index (χ4n) is 7.84. The van der Waals surface area contributed by atoms with Crippen LogP contribution in [0.3, 0.4) is 0 Å². The van der Waals surface area contributed by atoms with Gasteiger partial charge in [-0.25, -0.2) is 0 Å². The molecule has 5 aromatic rings. The maximum Gasteiger partial charge on any atom is 0.192 e. The third kappa shape index (κ3) is 5.52. The number of nitrogens with one attached hydrogen (secondary N) is 1. The van der Waals surface area contributed by atoms with E-state index in [2.05, 4.69) is 5.32 Å². The number of carbonyl (C=O) groups excluding carboxylic acids is 1. The Morgan fingerprint density at radius 2 is 1.46 bits per heavy atom. The lowest BCUT2D eigenvalue weighted by Crippen LogP contribution is -2.18. The molecule has 0 bridgehead atoms. The highest BCUT2D eigenvalue weighted by Crippen LogP contribution is 2.55. The second-order valence-electron chi connectivity index (χ2n) is 12.6. The van der Waals surface area contributed by atoms with Gasteiger partial charge in [-0.2, -0.15) is 0 Å². The van der Waals surface area contributed by atoms with Crippen molar-refractivity contribution in [3.8, 4) is 11.5 Å². The van der Waals surface area contributed by atoms with Crippen LogP contribution in [0.25, 0.3) is 49.2 Å². The molecule has 0 saturated carbocycles. The predicted octanol–water partition coefficient (Wildman–Crippen LogP) is 3.05. The van der Waals surface area contributed by atoms with Gasteiger partial charge in [0.15, 0.2) is 22.4 Å². The van der Waals surface area contributed by atoms with Gasteiger partial charge >= 0.3 is 0 Å². The van der Waals surface area contributed by atoms with Crippen molar-refractivity contribution in [3.05, 3.63) is 66.0 Å². The number of ketones is 1. The first-order valence-electron chi connectivity index (χ1n) is 16.6. The van der Waals surface area contributed by atoms with Gasteiger partial charge in [0.1, 0.15) is 5.78 Å². The normalized spacial score (nSPS) is 14.4. The number of methoxy groups -OCH3 is 1. The van der Waals surface area contributed by atoms with Crippen LogP contribution in [0.1, 0.15) is 54.0 Å². The Hall–Kier alpha value is -4.43. The maximum atomic E-state index is 14.9. The van der Waals surface area contributed by atoms with E-state index >= 15 is 0 Å². The van der Waals surface area contributed by atoms with Crippen molar-refractivity contribution in [2.24, 2.45) is 0 Å². The quantitative estimate of drug-likeness (QED) is 0.0506. The molecule has 5 aromatic carbocycles. The average molecular weight is 688 g/mol. The molecular weight excluding hydrogens is 646 g/mol. The Morgan fingerprint density at radius 1 is 0.820 bits per heavy atom.